The average Bonchev–Trinajstić information content (AvgIpc) is 3.32. The molecule has 1 aliphatic heterocycles. The van der Waals surface area contributed by atoms with E-state index in [2.05, 4.69) is 95.4 Å². The van der Waals surface area contributed by atoms with Gasteiger partial charge in [0.15, 0.2) is 0 Å². The van der Waals surface area contributed by atoms with Crippen LogP contribution < -0.4 is 10.6 Å². The Hall–Kier alpha value is -4.93. The minimum absolute atomic E-state index is 0.106. The van der Waals surface area contributed by atoms with Crippen LogP contribution in [0, 0.1) is 0 Å². The van der Waals surface area contributed by atoms with Crippen LogP contribution in [0.3, 0.4) is 0 Å². The van der Waals surface area contributed by atoms with E-state index in [0.29, 0.717) is 5.57 Å². The number of carbonyl (C=O) groups excluding carboxylic acids is 1. The molecule has 4 heteroatoms. The summed E-state index contributed by atoms with van der Waals surface area (Å²) in [5, 5.41) is 6.68. The number of hydrogen-bond donors (Lipinski definition) is 2. The van der Waals surface area contributed by atoms with Crippen molar-refractivity contribution in [1.29, 1.82) is 0 Å². The fraction of sp³-hybridized carbons (Fsp3) is 0.0833. The van der Waals surface area contributed by atoms with Crippen LogP contribution in [0.15, 0.2) is 133 Å². The molecule has 5 aromatic rings. The Bertz CT molecular complexity index is 1640. The van der Waals surface area contributed by atoms with E-state index in [1.165, 1.54) is 11.1 Å². The van der Waals surface area contributed by atoms with Crippen LogP contribution in [0.25, 0.3) is 22.4 Å². The summed E-state index contributed by atoms with van der Waals surface area (Å²) in [6.07, 6.45) is 0. The van der Waals surface area contributed by atoms with Gasteiger partial charge in [-0.15, -0.1) is 0 Å². The molecule has 40 heavy (non-hydrogen) atoms. The van der Waals surface area contributed by atoms with E-state index in [4.69, 9.17) is 0 Å². The molecule has 1 aliphatic rings. The molecule has 0 radical (unpaired) electrons. The Morgan fingerprint density at radius 1 is 0.675 bits per heavy atom. The van der Waals surface area contributed by atoms with Crippen molar-refractivity contribution in [3.63, 3.8) is 0 Å². The van der Waals surface area contributed by atoms with Crippen molar-refractivity contribution in [3.8, 4) is 11.1 Å². The zero-order chi connectivity index (χ0) is 27.3. The first kappa shape index (κ1) is 25.4. The third-order valence-corrected chi connectivity index (χ3v) is 7.15. The second kappa shape index (κ2) is 11.4. The first-order valence-electron chi connectivity index (χ1n) is 13.5. The van der Waals surface area contributed by atoms with E-state index >= 15 is 0 Å². The molecule has 196 valence electrons. The lowest BCUT2D eigenvalue weighted by Gasteiger charge is -2.18. The lowest BCUT2D eigenvalue weighted by atomic mass is 9.97. The summed E-state index contributed by atoms with van der Waals surface area (Å²) in [5.74, 6) is -0.106. The molecule has 0 unspecified atom stereocenters. The van der Waals surface area contributed by atoms with E-state index < -0.39 is 0 Å². The fourth-order valence-electron chi connectivity index (χ4n) is 5.22. The number of hydrogen-bond acceptors (Lipinski definition) is 3. The van der Waals surface area contributed by atoms with Crippen LogP contribution in [-0.4, -0.2) is 17.9 Å². The lowest BCUT2D eigenvalue weighted by molar-refractivity contribution is -0.110. The van der Waals surface area contributed by atoms with Crippen molar-refractivity contribution in [2.45, 2.75) is 13.1 Å². The third kappa shape index (κ3) is 5.58. The molecule has 1 amide bonds. The van der Waals surface area contributed by atoms with Gasteiger partial charge in [-0.05, 0) is 53.1 Å². The van der Waals surface area contributed by atoms with Crippen LogP contribution in [-0.2, 0) is 17.9 Å². The van der Waals surface area contributed by atoms with E-state index in [9.17, 15) is 4.79 Å². The molecule has 0 saturated heterocycles. The normalized spacial score (nSPS) is 13.6. The fourth-order valence-corrected chi connectivity index (χ4v) is 5.22. The van der Waals surface area contributed by atoms with E-state index in [0.717, 1.165) is 52.4 Å². The highest BCUT2D eigenvalue weighted by Gasteiger charge is 2.28. The molecule has 0 atom stereocenters. The van der Waals surface area contributed by atoms with Crippen molar-refractivity contribution >= 4 is 28.6 Å². The average molecular weight is 522 g/mol. The maximum Gasteiger partial charge on any atom is 0.258 e. The second-order valence-electron chi connectivity index (χ2n) is 10.2. The minimum Gasteiger partial charge on any atom is -0.354 e. The van der Waals surface area contributed by atoms with Gasteiger partial charge in [-0.3, -0.25) is 9.69 Å². The Morgan fingerprint density at radius 2 is 1.27 bits per heavy atom. The quantitative estimate of drug-likeness (QED) is 0.204. The Balaban J connectivity index is 1.28. The first-order chi connectivity index (χ1) is 19.6. The number of fused-ring (bicyclic) bond motifs is 1. The van der Waals surface area contributed by atoms with Gasteiger partial charge in [0.2, 0.25) is 0 Å². The largest absolute Gasteiger partial charge is 0.354 e. The van der Waals surface area contributed by atoms with Crippen molar-refractivity contribution in [3.05, 3.63) is 156 Å². The molecule has 0 spiro atoms. The SMILES string of the molecule is CN(Cc1ccccc1)Cc1ccc(N/C(=C2\C(=O)Nc3cc(-c4ccccc4)ccc32)c2ccccc2)cc1. The number of carbonyl (C=O) groups is 1. The van der Waals surface area contributed by atoms with Gasteiger partial charge in [0.1, 0.15) is 0 Å². The van der Waals surface area contributed by atoms with Gasteiger partial charge in [-0.2, -0.15) is 0 Å². The van der Waals surface area contributed by atoms with Gasteiger partial charge in [0.05, 0.1) is 11.3 Å². The van der Waals surface area contributed by atoms with Crippen LogP contribution in [0.4, 0.5) is 11.4 Å². The van der Waals surface area contributed by atoms with Gasteiger partial charge in [0, 0.05) is 30.0 Å². The van der Waals surface area contributed by atoms with Crippen LogP contribution in [0.1, 0.15) is 22.3 Å². The highest BCUT2D eigenvalue weighted by atomic mass is 16.2. The number of rotatable bonds is 8. The summed E-state index contributed by atoms with van der Waals surface area (Å²) in [5.41, 5.74) is 9.77. The molecule has 0 fully saturated rings. The summed E-state index contributed by atoms with van der Waals surface area (Å²) < 4.78 is 0. The molecule has 2 N–H and O–H groups in total. The molecule has 0 bridgehead atoms. The molecule has 6 rings (SSSR count). The van der Waals surface area contributed by atoms with Gasteiger partial charge in [-0.25, -0.2) is 0 Å². The standard InChI is InChI=1S/C36H31N3O/c1-39(24-26-11-5-2-6-12-26)25-27-17-20-31(21-18-27)37-35(29-15-9-4-10-16-29)34-32-22-19-30(23-33(32)38-36(34)40)28-13-7-3-8-14-28/h2-23,37H,24-25H2,1H3,(H,38,40)/b35-34-. The Labute approximate surface area is 235 Å². The van der Waals surface area contributed by atoms with Crippen molar-refractivity contribution in [1.82, 2.24) is 4.90 Å². The Kier molecular flexibility index (Phi) is 7.25. The van der Waals surface area contributed by atoms with Gasteiger partial charge in [-0.1, -0.05) is 115 Å². The number of amides is 1. The maximum absolute atomic E-state index is 13.4. The number of nitrogens with zero attached hydrogens (tertiary/aromatic N) is 1. The molecule has 1 heterocycles. The molecular weight excluding hydrogens is 490 g/mol. The summed E-state index contributed by atoms with van der Waals surface area (Å²) >= 11 is 0. The van der Waals surface area contributed by atoms with Crippen molar-refractivity contribution < 1.29 is 4.79 Å². The number of nitrogens with one attached hydrogen (secondary N) is 2. The first-order valence-corrected chi connectivity index (χ1v) is 13.5. The van der Waals surface area contributed by atoms with Crippen LogP contribution in [0.5, 0.6) is 0 Å². The summed E-state index contributed by atoms with van der Waals surface area (Å²) in [6.45, 7) is 1.74. The molecule has 0 aromatic heterocycles. The van der Waals surface area contributed by atoms with E-state index in [1.54, 1.807) is 0 Å². The zero-order valence-corrected chi connectivity index (χ0v) is 22.5. The highest BCUT2D eigenvalue weighted by Crippen LogP contribution is 2.39. The molecule has 4 nitrogen and oxygen atoms in total. The molecule has 5 aromatic carbocycles. The highest BCUT2D eigenvalue weighted by molar-refractivity contribution is 6.37. The number of benzene rings is 5. The van der Waals surface area contributed by atoms with Gasteiger partial charge >= 0.3 is 0 Å². The van der Waals surface area contributed by atoms with Crippen molar-refractivity contribution in [2.75, 3.05) is 17.7 Å². The predicted molar refractivity (Wildman–Crippen MR) is 165 cm³/mol. The van der Waals surface area contributed by atoms with Crippen LogP contribution >= 0.6 is 0 Å². The molecule has 0 saturated carbocycles. The van der Waals surface area contributed by atoms with Gasteiger partial charge < -0.3 is 10.6 Å². The van der Waals surface area contributed by atoms with E-state index in [-0.39, 0.29) is 5.91 Å². The topological polar surface area (TPSA) is 44.4 Å². The molecule has 0 aliphatic carbocycles. The monoisotopic (exact) mass is 521 g/mol. The van der Waals surface area contributed by atoms with Crippen molar-refractivity contribution in [2.24, 2.45) is 0 Å². The minimum atomic E-state index is -0.106. The predicted octanol–water partition coefficient (Wildman–Crippen LogP) is 7.92. The molecular formula is C36H31N3O. The smallest absolute Gasteiger partial charge is 0.258 e. The second-order valence-corrected chi connectivity index (χ2v) is 10.2. The summed E-state index contributed by atoms with van der Waals surface area (Å²) in [4.78, 5) is 15.7. The summed E-state index contributed by atoms with van der Waals surface area (Å²) in [6, 6.07) is 45.4. The third-order valence-electron chi connectivity index (χ3n) is 7.15. The lowest BCUT2D eigenvalue weighted by Crippen LogP contribution is -2.17. The van der Waals surface area contributed by atoms with Gasteiger partial charge in [0.25, 0.3) is 5.91 Å². The van der Waals surface area contributed by atoms with Crippen LogP contribution in [0.2, 0.25) is 0 Å². The van der Waals surface area contributed by atoms with E-state index in [1.807, 2.05) is 60.7 Å². The maximum atomic E-state index is 13.4. The summed E-state index contributed by atoms with van der Waals surface area (Å²) in [7, 11) is 2.14. The zero-order valence-electron chi connectivity index (χ0n) is 22.5. The Morgan fingerprint density at radius 3 is 1.95 bits per heavy atom. The number of anilines is 2.